The summed E-state index contributed by atoms with van der Waals surface area (Å²) in [6, 6.07) is 0. The van der Waals surface area contributed by atoms with Crippen LogP contribution in [0.2, 0.25) is 0 Å². The lowest BCUT2D eigenvalue weighted by atomic mass is 10.3. The first-order valence-corrected chi connectivity index (χ1v) is 6.42. The summed E-state index contributed by atoms with van der Waals surface area (Å²) in [6.07, 6.45) is -2.46. The van der Waals surface area contributed by atoms with Gasteiger partial charge in [0.2, 0.25) is 0 Å². The maximum absolute atomic E-state index is 13.2. The van der Waals surface area contributed by atoms with Gasteiger partial charge in [-0.1, -0.05) is 0 Å². The molecule has 0 unspecified atom stereocenters. The van der Waals surface area contributed by atoms with E-state index in [2.05, 4.69) is 20.9 Å². The van der Waals surface area contributed by atoms with Gasteiger partial charge in [-0.05, 0) is 15.9 Å². The quantitative estimate of drug-likeness (QED) is 0.786. The highest BCUT2D eigenvalue weighted by molar-refractivity contribution is 9.10. The van der Waals surface area contributed by atoms with Crippen LogP contribution in [0, 0.1) is 5.82 Å². The Hall–Kier alpha value is -0.340. The maximum Gasteiger partial charge on any atom is 0.283 e. The van der Waals surface area contributed by atoms with Gasteiger partial charge in [-0.25, -0.2) is 21.6 Å². The Morgan fingerprint density at radius 1 is 1.47 bits per heavy atom. The molecule has 1 rings (SSSR count). The van der Waals surface area contributed by atoms with E-state index < -0.39 is 31.9 Å². The van der Waals surface area contributed by atoms with E-state index in [1.54, 1.807) is 0 Å². The van der Waals surface area contributed by atoms with E-state index in [0.29, 0.717) is 0 Å². The topological polar surface area (TPSA) is 47.0 Å². The minimum Gasteiger partial charge on any atom is -0.251 e. The van der Waals surface area contributed by atoms with Crippen LogP contribution in [0.1, 0.15) is 12.1 Å². The second kappa shape index (κ2) is 4.26. The molecule has 0 aliphatic carbocycles. The van der Waals surface area contributed by atoms with E-state index in [4.69, 9.17) is 10.7 Å². The summed E-state index contributed by atoms with van der Waals surface area (Å²) in [4.78, 5) is 2.02. The zero-order chi connectivity index (χ0) is 11.8. The van der Waals surface area contributed by atoms with E-state index in [0.717, 1.165) is 6.20 Å². The molecule has 0 aromatic carbocycles. The maximum atomic E-state index is 13.2. The van der Waals surface area contributed by atoms with Gasteiger partial charge in [-0.15, -0.1) is 0 Å². The molecule has 0 spiro atoms. The first kappa shape index (κ1) is 12.7. The van der Waals surface area contributed by atoms with Gasteiger partial charge in [0.05, 0.1) is 4.47 Å². The van der Waals surface area contributed by atoms with Crippen LogP contribution in [-0.4, -0.2) is 13.4 Å². The molecule has 0 aliphatic heterocycles. The zero-order valence-corrected chi connectivity index (χ0v) is 9.87. The summed E-state index contributed by atoms with van der Waals surface area (Å²) in [5.41, 5.74) is -1.25. The van der Waals surface area contributed by atoms with Gasteiger partial charge in [0.1, 0.15) is 10.6 Å². The summed E-state index contributed by atoms with van der Waals surface area (Å²) in [7, 11) is 0.432. The van der Waals surface area contributed by atoms with Gasteiger partial charge >= 0.3 is 0 Å². The van der Waals surface area contributed by atoms with Gasteiger partial charge in [0.25, 0.3) is 15.5 Å². The van der Waals surface area contributed by atoms with Crippen LogP contribution in [0.4, 0.5) is 13.2 Å². The van der Waals surface area contributed by atoms with Crippen molar-refractivity contribution in [2.45, 2.75) is 11.3 Å². The van der Waals surface area contributed by atoms with Crippen molar-refractivity contribution in [2.75, 3.05) is 0 Å². The Morgan fingerprint density at radius 2 is 2.00 bits per heavy atom. The predicted molar refractivity (Wildman–Crippen MR) is 49.9 cm³/mol. The summed E-state index contributed by atoms with van der Waals surface area (Å²) >= 11 is 2.66. The highest BCUT2D eigenvalue weighted by atomic mass is 79.9. The molecule has 0 aliphatic rings. The van der Waals surface area contributed by atoms with Crippen molar-refractivity contribution in [2.24, 2.45) is 0 Å². The Morgan fingerprint density at radius 3 is 2.40 bits per heavy atom. The summed E-state index contributed by atoms with van der Waals surface area (Å²) in [5.74, 6) is -1.64. The van der Waals surface area contributed by atoms with Crippen molar-refractivity contribution in [1.82, 2.24) is 4.98 Å². The van der Waals surface area contributed by atoms with Gasteiger partial charge in [0, 0.05) is 16.9 Å². The summed E-state index contributed by atoms with van der Waals surface area (Å²) in [5, 5.41) is 0. The normalized spacial score (nSPS) is 12.1. The van der Waals surface area contributed by atoms with Crippen LogP contribution in [0.25, 0.3) is 0 Å². The molecule has 0 saturated carbocycles. The molecule has 15 heavy (non-hydrogen) atoms. The molecule has 0 saturated heterocycles. The molecule has 0 bridgehead atoms. The Bertz CT molecular complexity index is 493. The van der Waals surface area contributed by atoms with Crippen LogP contribution >= 0.6 is 26.6 Å². The van der Waals surface area contributed by atoms with Crippen molar-refractivity contribution < 1.29 is 21.6 Å². The monoisotopic (exact) mass is 323 g/mol. The van der Waals surface area contributed by atoms with E-state index in [9.17, 15) is 21.6 Å². The second-order valence-electron chi connectivity index (χ2n) is 2.37. The van der Waals surface area contributed by atoms with Crippen LogP contribution in [0.15, 0.2) is 15.6 Å². The molecule has 3 nitrogen and oxygen atoms in total. The number of alkyl halides is 2. The second-order valence-corrected chi connectivity index (χ2v) is 5.73. The number of aromatic nitrogens is 1. The standard InChI is InChI=1S/C6H2BrClF3NO2S/c7-2-1-12-4(6(10)11)3(9)5(2)15(8,13)14/h1,6H. The first-order valence-electron chi connectivity index (χ1n) is 3.32. The fourth-order valence-electron chi connectivity index (χ4n) is 0.838. The highest BCUT2D eigenvalue weighted by Gasteiger charge is 2.27. The largest absolute Gasteiger partial charge is 0.283 e. The molecule has 1 aromatic heterocycles. The van der Waals surface area contributed by atoms with Gasteiger partial charge in [-0.2, -0.15) is 0 Å². The Balaban J connectivity index is 3.59. The van der Waals surface area contributed by atoms with E-state index >= 15 is 0 Å². The van der Waals surface area contributed by atoms with Gasteiger partial charge < -0.3 is 0 Å². The van der Waals surface area contributed by atoms with Crippen LogP contribution in [0.5, 0.6) is 0 Å². The number of pyridine rings is 1. The van der Waals surface area contributed by atoms with Gasteiger partial charge in [0.15, 0.2) is 5.82 Å². The van der Waals surface area contributed by atoms with Crippen LogP contribution in [0.3, 0.4) is 0 Å². The van der Waals surface area contributed by atoms with Crippen LogP contribution < -0.4 is 0 Å². The average molecular weight is 325 g/mol. The molecule has 9 heteroatoms. The molecule has 0 fully saturated rings. The predicted octanol–water partition coefficient (Wildman–Crippen LogP) is 2.85. The Labute approximate surface area is 95.8 Å². The van der Waals surface area contributed by atoms with Gasteiger partial charge in [-0.3, -0.25) is 4.98 Å². The number of halogens is 5. The van der Waals surface area contributed by atoms with E-state index in [-0.39, 0.29) is 4.47 Å². The van der Waals surface area contributed by atoms with Crippen molar-refractivity contribution in [3.8, 4) is 0 Å². The fourth-order valence-corrected chi connectivity index (χ4v) is 3.09. The first-order chi connectivity index (χ1) is 6.75. The molecule has 1 heterocycles. The number of rotatable bonds is 2. The van der Waals surface area contributed by atoms with Crippen molar-refractivity contribution >= 4 is 35.7 Å². The smallest absolute Gasteiger partial charge is 0.251 e. The van der Waals surface area contributed by atoms with E-state index in [1.807, 2.05) is 0 Å². The van der Waals surface area contributed by atoms with Crippen LogP contribution in [-0.2, 0) is 9.05 Å². The molecular formula is C6H2BrClF3NO2S. The minimum absolute atomic E-state index is 0.306. The molecule has 0 radical (unpaired) electrons. The number of nitrogens with zero attached hydrogens (tertiary/aromatic N) is 1. The third-order valence-corrected chi connectivity index (χ3v) is 3.62. The van der Waals surface area contributed by atoms with E-state index in [1.165, 1.54) is 0 Å². The third-order valence-electron chi connectivity index (χ3n) is 1.41. The van der Waals surface area contributed by atoms with Crippen molar-refractivity contribution in [3.63, 3.8) is 0 Å². The highest BCUT2D eigenvalue weighted by Crippen LogP contribution is 2.31. The minimum atomic E-state index is -4.44. The summed E-state index contributed by atoms with van der Waals surface area (Å²) in [6.45, 7) is 0. The lowest BCUT2D eigenvalue weighted by molar-refractivity contribution is 0.139. The molecule has 0 N–H and O–H groups in total. The molecule has 0 atom stereocenters. The SMILES string of the molecule is O=S(=O)(Cl)c1c(Br)cnc(C(F)F)c1F. The molecule has 1 aromatic rings. The zero-order valence-electron chi connectivity index (χ0n) is 6.72. The molecule has 84 valence electrons. The fraction of sp³-hybridized carbons (Fsp3) is 0.167. The lowest BCUT2D eigenvalue weighted by Crippen LogP contribution is -2.04. The summed E-state index contributed by atoms with van der Waals surface area (Å²) < 4.78 is 59.0. The number of hydrogen-bond acceptors (Lipinski definition) is 3. The Kier molecular flexibility index (Phi) is 3.62. The molecular weight excluding hydrogens is 322 g/mol. The average Bonchev–Trinajstić information content (AvgIpc) is 2.00. The third kappa shape index (κ3) is 2.61. The lowest BCUT2D eigenvalue weighted by Gasteiger charge is -2.05. The number of hydrogen-bond donors (Lipinski definition) is 0. The van der Waals surface area contributed by atoms with Crippen molar-refractivity contribution in [1.29, 1.82) is 0 Å². The van der Waals surface area contributed by atoms with Crippen molar-refractivity contribution in [3.05, 3.63) is 22.2 Å². The molecule has 0 amide bonds.